The Morgan fingerprint density at radius 2 is 2.08 bits per heavy atom. The van der Waals surface area contributed by atoms with E-state index >= 15 is 0 Å². The molecule has 0 radical (unpaired) electrons. The lowest BCUT2D eigenvalue weighted by Crippen LogP contribution is -2.46. The van der Waals surface area contributed by atoms with Crippen molar-refractivity contribution in [3.05, 3.63) is 53.6 Å². The highest BCUT2D eigenvalue weighted by Gasteiger charge is 2.66. The van der Waals surface area contributed by atoms with E-state index in [1.807, 2.05) is 62.5 Å². The smallest absolute Gasteiger partial charge is 0.264 e. The Kier molecular flexibility index (Phi) is 8.09. The van der Waals surface area contributed by atoms with Gasteiger partial charge in [-0.2, -0.15) is 0 Å². The summed E-state index contributed by atoms with van der Waals surface area (Å²) in [6.07, 6.45) is 1.76. The highest BCUT2D eigenvalue weighted by molar-refractivity contribution is 6.71. The number of piperidine rings is 1. The van der Waals surface area contributed by atoms with Gasteiger partial charge in [0.15, 0.2) is 13.9 Å². The van der Waals surface area contributed by atoms with Gasteiger partial charge in [0.25, 0.3) is 5.91 Å². The number of rotatable bonds is 8. The van der Waals surface area contributed by atoms with E-state index in [2.05, 4.69) is 10.6 Å². The largest absolute Gasteiger partial charge is 0.497 e. The summed E-state index contributed by atoms with van der Waals surface area (Å²) in [6, 6.07) is 13.2. The third-order valence-corrected chi connectivity index (χ3v) is 11.3. The number of ether oxygens (including phenoxy) is 2. The van der Waals surface area contributed by atoms with E-state index < -0.39 is 20.0 Å². The maximum atomic E-state index is 14.4. The minimum absolute atomic E-state index is 0.00271. The molecule has 1 unspecified atom stereocenters. The molecule has 2 aromatic rings. The van der Waals surface area contributed by atoms with Gasteiger partial charge in [-0.1, -0.05) is 19.1 Å². The van der Waals surface area contributed by atoms with E-state index in [0.29, 0.717) is 30.9 Å². The Hall–Kier alpha value is -2.76. The zero-order valence-corrected chi connectivity index (χ0v) is 24.8. The van der Waals surface area contributed by atoms with Gasteiger partial charge in [-0.15, -0.1) is 0 Å². The average Bonchev–Trinajstić information content (AvgIpc) is 3.36. The molecule has 1 spiro atoms. The van der Waals surface area contributed by atoms with Gasteiger partial charge >= 0.3 is 0 Å². The highest BCUT2D eigenvalue weighted by Crippen LogP contribution is 2.60. The number of anilines is 2. The number of hydrogen-bond donors (Lipinski definition) is 4. The Morgan fingerprint density at radius 3 is 2.75 bits per heavy atom. The van der Waals surface area contributed by atoms with Crippen LogP contribution in [0.3, 0.4) is 0 Å². The quantitative estimate of drug-likeness (QED) is 0.361. The van der Waals surface area contributed by atoms with E-state index in [-0.39, 0.29) is 35.8 Å². The third kappa shape index (κ3) is 5.07. The normalized spacial score (nSPS) is 28.1. The SMILES string of the molecule is COc1ccc2c(c1)[C@@]1(O[C@H](CCO)[C@@H]([Si](C)(C)O)[C@@H]1C)C(=O)N2Cc1cccc(NC(=O)C2CCCNC2)c1. The van der Waals surface area contributed by atoms with Crippen molar-refractivity contribution in [1.29, 1.82) is 0 Å². The van der Waals surface area contributed by atoms with Crippen LogP contribution in [0.5, 0.6) is 5.75 Å². The number of aliphatic hydroxyl groups excluding tert-OH is 1. The lowest BCUT2D eigenvalue weighted by Gasteiger charge is -2.32. The predicted octanol–water partition coefficient (Wildman–Crippen LogP) is 3.36. The van der Waals surface area contributed by atoms with Crippen molar-refractivity contribution in [1.82, 2.24) is 5.32 Å². The molecular formula is C30H41N3O6Si. The summed E-state index contributed by atoms with van der Waals surface area (Å²) in [5, 5.41) is 16.1. The first kappa shape index (κ1) is 28.8. The van der Waals surface area contributed by atoms with Crippen LogP contribution in [-0.2, 0) is 26.5 Å². The second-order valence-corrected chi connectivity index (χ2v) is 15.9. The zero-order valence-electron chi connectivity index (χ0n) is 23.8. The number of amides is 2. The van der Waals surface area contributed by atoms with Gasteiger partial charge in [0.2, 0.25) is 5.91 Å². The summed E-state index contributed by atoms with van der Waals surface area (Å²) < 4.78 is 12.2. The van der Waals surface area contributed by atoms with Crippen LogP contribution in [0, 0.1) is 11.8 Å². The molecule has 10 heteroatoms. The van der Waals surface area contributed by atoms with Crippen molar-refractivity contribution in [2.45, 2.75) is 63.1 Å². The van der Waals surface area contributed by atoms with Gasteiger partial charge in [0, 0.05) is 35.9 Å². The summed E-state index contributed by atoms with van der Waals surface area (Å²) in [5.41, 5.74) is 1.50. The van der Waals surface area contributed by atoms with Gasteiger partial charge in [-0.3, -0.25) is 9.59 Å². The summed E-state index contributed by atoms with van der Waals surface area (Å²) in [7, 11) is -1.18. The number of aliphatic hydroxyl groups is 1. The van der Waals surface area contributed by atoms with Crippen molar-refractivity contribution in [2.75, 3.05) is 37.0 Å². The number of fused-ring (bicyclic) bond motifs is 2. The van der Waals surface area contributed by atoms with E-state index in [1.54, 1.807) is 12.0 Å². The summed E-state index contributed by atoms with van der Waals surface area (Å²) in [6.45, 7) is 7.54. The predicted molar refractivity (Wildman–Crippen MR) is 156 cm³/mol. The molecule has 3 aliphatic heterocycles. The molecule has 4 N–H and O–H groups in total. The minimum atomic E-state index is -2.77. The van der Waals surface area contributed by atoms with Crippen molar-refractivity contribution >= 4 is 31.5 Å². The van der Waals surface area contributed by atoms with Crippen LogP contribution in [0.4, 0.5) is 11.4 Å². The lowest BCUT2D eigenvalue weighted by molar-refractivity contribution is -0.146. The van der Waals surface area contributed by atoms with E-state index in [9.17, 15) is 19.5 Å². The van der Waals surface area contributed by atoms with Gasteiger partial charge in [-0.05, 0) is 74.8 Å². The topological polar surface area (TPSA) is 120 Å². The van der Waals surface area contributed by atoms with Gasteiger partial charge < -0.3 is 34.9 Å². The third-order valence-electron chi connectivity index (χ3n) is 8.81. The molecule has 40 heavy (non-hydrogen) atoms. The molecule has 0 saturated carbocycles. The second-order valence-electron chi connectivity index (χ2n) is 11.9. The molecule has 2 aromatic carbocycles. The average molecular weight is 568 g/mol. The molecule has 0 bridgehead atoms. The van der Waals surface area contributed by atoms with Crippen molar-refractivity contribution < 1.29 is 29.0 Å². The van der Waals surface area contributed by atoms with E-state index in [0.717, 1.165) is 36.2 Å². The number of nitrogens with one attached hydrogen (secondary N) is 2. The summed E-state index contributed by atoms with van der Waals surface area (Å²) in [5.74, 6) is 0.0685. The van der Waals surface area contributed by atoms with Crippen LogP contribution in [0.2, 0.25) is 18.6 Å². The number of nitrogens with zero attached hydrogens (tertiary/aromatic N) is 1. The maximum absolute atomic E-state index is 14.4. The van der Waals surface area contributed by atoms with Crippen LogP contribution in [0.15, 0.2) is 42.5 Å². The Bertz CT molecular complexity index is 1260. The Labute approximate surface area is 237 Å². The standard InChI is InChI=1S/C30H41N3O6Si/c1-19-27(40(3,4)37)26(12-14-34)39-30(19)24-16-23(38-2)10-11-25(24)33(29(30)36)18-20-7-5-9-22(15-20)32-28(35)21-8-6-13-31-17-21/h5,7,9-11,15-16,19,21,26-27,31,34,37H,6,8,12-14,17-18H2,1-4H3,(H,32,35)/t19-,21?,26+,27-,30+/m0/s1. The molecule has 0 aromatic heterocycles. The molecule has 3 heterocycles. The van der Waals surface area contributed by atoms with Crippen LogP contribution >= 0.6 is 0 Å². The van der Waals surface area contributed by atoms with Crippen LogP contribution in [0.1, 0.15) is 37.3 Å². The van der Waals surface area contributed by atoms with Gasteiger partial charge in [0.1, 0.15) is 5.75 Å². The van der Waals surface area contributed by atoms with Crippen LogP contribution in [0.25, 0.3) is 0 Å². The molecule has 2 fully saturated rings. The molecule has 2 saturated heterocycles. The minimum Gasteiger partial charge on any atom is -0.497 e. The van der Waals surface area contributed by atoms with Crippen LogP contribution in [-0.4, -0.2) is 62.9 Å². The second kappa shape index (κ2) is 11.3. The molecular weight excluding hydrogens is 526 g/mol. The number of benzene rings is 2. The molecule has 0 aliphatic carbocycles. The number of carbonyl (C=O) groups is 2. The fourth-order valence-corrected chi connectivity index (χ4v) is 9.59. The first-order valence-corrected chi connectivity index (χ1v) is 17.2. The summed E-state index contributed by atoms with van der Waals surface area (Å²) >= 11 is 0. The first-order valence-electron chi connectivity index (χ1n) is 14.2. The number of hydrogen-bond acceptors (Lipinski definition) is 7. The number of carbonyl (C=O) groups excluding carboxylic acids is 2. The van der Waals surface area contributed by atoms with Gasteiger partial charge in [-0.25, -0.2) is 0 Å². The van der Waals surface area contributed by atoms with Crippen LogP contribution < -0.4 is 20.3 Å². The maximum Gasteiger partial charge on any atom is 0.264 e. The zero-order chi connectivity index (χ0) is 28.7. The molecule has 5 atom stereocenters. The van der Waals surface area contributed by atoms with Crippen molar-refractivity contribution in [3.8, 4) is 5.75 Å². The first-order chi connectivity index (χ1) is 19.1. The Morgan fingerprint density at radius 1 is 1.27 bits per heavy atom. The fraction of sp³-hybridized carbons (Fsp3) is 0.533. The molecule has 5 rings (SSSR count). The van der Waals surface area contributed by atoms with Gasteiger partial charge in [0.05, 0.1) is 31.4 Å². The van der Waals surface area contributed by atoms with E-state index in [4.69, 9.17) is 9.47 Å². The van der Waals surface area contributed by atoms with Crippen molar-refractivity contribution in [3.63, 3.8) is 0 Å². The highest BCUT2D eigenvalue weighted by atomic mass is 28.4. The number of methoxy groups -OCH3 is 1. The summed E-state index contributed by atoms with van der Waals surface area (Å²) in [4.78, 5) is 40.3. The van der Waals surface area contributed by atoms with Crippen molar-refractivity contribution in [2.24, 2.45) is 11.8 Å². The lowest BCUT2D eigenvalue weighted by atomic mass is 9.82. The molecule has 3 aliphatic rings. The molecule has 9 nitrogen and oxygen atoms in total. The Balaban J connectivity index is 1.47. The van der Waals surface area contributed by atoms with E-state index in [1.165, 1.54) is 0 Å². The fourth-order valence-electron chi connectivity index (χ4n) is 6.99. The monoisotopic (exact) mass is 567 g/mol. The molecule has 2 amide bonds. The molecule has 216 valence electrons.